The average Bonchev–Trinajstić information content (AvgIpc) is 2.76. The number of benzene rings is 2. The Hall–Kier alpha value is -3.75. The predicted octanol–water partition coefficient (Wildman–Crippen LogP) is 1.64. The van der Waals surface area contributed by atoms with Crippen LogP contribution in [0.1, 0.15) is 28.9 Å². The van der Waals surface area contributed by atoms with E-state index in [1.165, 1.54) is 14.2 Å². The lowest BCUT2D eigenvalue weighted by Crippen LogP contribution is -2.28. The number of rotatable bonds is 7. The number of methoxy groups -OCH3 is 1. The quantitative estimate of drug-likeness (QED) is 0.636. The van der Waals surface area contributed by atoms with Gasteiger partial charge in [-0.3, -0.25) is 14.4 Å². The number of hydrogen-bond acceptors (Lipinski definition) is 6. The average molecular weight is 413 g/mol. The van der Waals surface area contributed by atoms with E-state index in [1.54, 1.807) is 30.3 Å². The van der Waals surface area contributed by atoms with Gasteiger partial charge < -0.3 is 30.2 Å². The Labute approximate surface area is 173 Å². The van der Waals surface area contributed by atoms with Crippen molar-refractivity contribution >= 4 is 23.4 Å². The van der Waals surface area contributed by atoms with Crippen LogP contribution in [0, 0.1) is 0 Å². The summed E-state index contributed by atoms with van der Waals surface area (Å²) in [7, 11) is 2.97. The number of carbonyl (C=O) groups excluding carboxylic acids is 3. The predicted molar refractivity (Wildman–Crippen MR) is 109 cm³/mol. The van der Waals surface area contributed by atoms with Crippen LogP contribution in [-0.4, -0.2) is 45.1 Å². The fraction of sp³-hybridized carbons (Fsp3) is 0.286. The van der Waals surface area contributed by atoms with Gasteiger partial charge in [-0.2, -0.15) is 0 Å². The first-order valence-corrected chi connectivity index (χ1v) is 9.30. The van der Waals surface area contributed by atoms with Crippen LogP contribution in [0.4, 0.5) is 5.69 Å². The summed E-state index contributed by atoms with van der Waals surface area (Å²) in [6.07, 6.45) is 0. The molecule has 0 aromatic heterocycles. The molecule has 0 saturated carbocycles. The van der Waals surface area contributed by atoms with Gasteiger partial charge in [-0.1, -0.05) is 6.07 Å². The largest absolute Gasteiger partial charge is 0.493 e. The summed E-state index contributed by atoms with van der Waals surface area (Å²) >= 11 is 0. The highest BCUT2D eigenvalue weighted by Gasteiger charge is 2.19. The number of ether oxygens (including phenoxy) is 3. The van der Waals surface area contributed by atoms with Crippen LogP contribution in [0.15, 0.2) is 36.4 Å². The van der Waals surface area contributed by atoms with Gasteiger partial charge in [0, 0.05) is 12.6 Å². The molecule has 0 spiro atoms. The smallest absolute Gasteiger partial charge is 0.262 e. The molecule has 1 atom stereocenters. The molecule has 3 amide bonds. The van der Waals surface area contributed by atoms with Crippen molar-refractivity contribution < 1.29 is 28.6 Å². The van der Waals surface area contributed by atoms with E-state index in [0.717, 1.165) is 5.56 Å². The van der Waals surface area contributed by atoms with Crippen molar-refractivity contribution in [2.75, 3.05) is 32.7 Å². The summed E-state index contributed by atoms with van der Waals surface area (Å²) in [4.78, 5) is 35.6. The van der Waals surface area contributed by atoms with Gasteiger partial charge in [0.25, 0.3) is 17.7 Å². The summed E-state index contributed by atoms with van der Waals surface area (Å²) in [6.45, 7) is 1.67. The summed E-state index contributed by atoms with van der Waals surface area (Å²) in [5, 5.41) is 8.12. The van der Waals surface area contributed by atoms with E-state index in [1.807, 2.05) is 13.0 Å². The summed E-state index contributed by atoms with van der Waals surface area (Å²) in [5.74, 6) is 0.482. The molecule has 0 fully saturated rings. The number of carbonyl (C=O) groups is 3. The van der Waals surface area contributed by atoms with Crippen LogP contribution in [0.3, 0.4) is 0 Å². The first-order chi connectivity index (χ1) is 14.4. The third kappa shape index (κ3) is 4.80. The molecule has 9 nitrogen and oxygen atoms in total. The maximum Gasteiger partial charge on any atom is 0.262 e. The summed E-state index contributed by atoms with van der Waals surface area (Å²) < 4.78 is 16.0. The fourth-order valence-electron chi connectivity index (χ4n) is 2.88. The van der Waals surface area contributed by atoms with Gasteiger partial charge >= 0.3 is 0 Å². The normalized spacial score (nSPS) is 13.2. The molecule has 3 N–H and O–H groups in total. The Morgan fingerprint density at radius 2 is 2.00 bits per heavy atom. The minimum absolute atomic E-state index is 0.0106. The number of fused-ring (bicyclic) bond motifs is 1. The Kier molecular flexibility index (Phi) is 6.41. The van der Waals surface area contributed by atoms with E-state index in [0.29, 0.717) is 28.5 Å². The van der Waals surface area contributed by atoms with Crippen LogP contribution in [0.2, 0.25) is 0 Å². The summed E-state index contributed by atoms with van der Waals surface area (Å²) in [6, 6.07) is 9.75. The second-order valence-electron chi connectivity index (χ2n) is 6.62. The van der Waals surface area contributed by atoms with Gasteiger partial charge in [-0.15, -0.1) is 0 Å². The lowest BCUT2D eigenvalue weighted by atomic mass is 10.1. The molecule has 2 aromatic carbocycles. The Bertz CT molecular complexity index is 975. The molecule has 30 heavy (non-hydrogen) atoms. The van der Waals surface area contributed by atoms with Crippen LogP contribution >= 0.6 is 0 Å². The zero-order valence-electron chi connectivity index (χ0n) is 16.9. The van der Waals surface area contributed by atoms with Crippen molar-refractivity contribution in [3.63, 3.8) is 0 Å². The molecule has 3 rings (SSSR count). The maximum absolute atomic E-state index is 12.7. The highest BCUT2D eigenvalue weighted by Crippen LogP contribution is 2.31. The first kappa shape index (κ1) is 21.0. The molecule has 1 aliphatic heterocycles. The molecule has 2 aromatic rings. The highest BCUT2D eigenvalue weighted by atomic mass is 16.5. The monoisotopic (exact) mass is 413 g/mol. The maximum atomic E-state index is 12.7. The van der Waals surface area contributed by atoms with Gasteiger partial charge in [0.2, 0.25) is 0 Å². The Morgan fingerprint density at radius 1 is 1.20 bits per heavy atom. The molecule has 0 aliphatic carbocycles. The van der Waals surface area contributed by atoms with Crippen molar-refractivity contribution in [3.05, 3.63) is 47.5 Å². The topological polar surface area (TPSA) is 115 Å². The Morgan fingerprint density at radius 3 is 2.73 bits per heavy atom. The second kappa shape index (κ2) is 9.17. The third-order valence-electron chi connectivity index (χ3n) is 4.55. The van der Waals surface area contributed by atoms with Gasteiger partial charge in [0.1, 0.15) is 5.75 Å². The van der Waals surface area contributed by atoms with Crippen molar-refractivity contribution in [2.45, 2.75) is 13.0 Å². The number of hydrogen-bond donors (Lipinski definition) is 3. The summed E-state index contributed by atoms with van der Waals surface area (Å²) in [5.41, 5.74) is 1.76. The van der Waals surface area contributed by atoms with Gasteiger partial charge in [0.15, 0.2) is 24.7 Å². The van der Waals surface area contributed by atoms with Gasteiger partial charge in [-0.25, -0.2) is 0 Å². The zero-order chi connectivity index (χ0) is 21.7. The molecule has 9 heteroatoms. The van der Waals surface area contributed by atoms with Crippen LogP contribution in [0.5, 0.6) is 17.2 Å². The molecule has 158 valence electrons. The van der Waals surface area contributed by atoms with Gasteiger partial charge in [-0.05, 0) is 42.8 Å². The Balaban J connectivity index is 1.70. The zero-order valence-corrected chi connectivity index (χ0v) is 16.9. The second-order valence-corrected chi connectivity index (χ2v) is 6.62. The molecule has 0 bridgehead atoms. The minimum atomic E-state index is -0.322. The van der Waals surface area contributed by atoms with E-state index >= 15 is 0 Å². The van der Waals surface area contributed by atoms with E-state index in [2.05, 4.69) is 16.0 Å². The molecule has 1 aliphatic rings. The van der Waals surface area contributed by atoms with Gasteiger partial charge in [0.05, 0.1) is 18.8 Å². The van der Waals surface area contributed by atoms with Crippen LogP contribution in [0.25, 0.3) is 0 Å². The molecular formula is C21H23N3O6. The van der Waals surface area contributed by atoms with Crippen LogP contribution in [-0.2, 0) is 9.59 Å². The number of likely N-dealkylation sites (N-methyl/N-ethyl adjacent to an activating group) is 1. The standard InChI is InChI=1S/C21H23N3O6/c1-12(13-4-6-16-15(8-13)24-20(26)11-29-16)23-21(27)14-5-7-17(18(9-14)28-3)30-10-19(25)22-2/h4-9,12H,10-11H2,1-3H3,(H,22,25)(H,23,27)(H,24,26). The van der Waals surface area contributed by atoms with E-state index < -0.39 is 0 Å². The number of amides is 3. The third-order valence-corrected chi connectivity index (χ3v) is 4.55. The first-order valence-electron chi connectivity index (χ1n) is 9.30. The fourth-order valence-corrected chi connectivity index (χ4v) is 2.88. The van der Waals surface area contributed by atoms with Crippen molar-refractivity contribution in [1.29, 1.82) is 0 Å². The molecular weight excluding hydrogens is 390 g/mol. The van der Waals surface area contributed by atoms with E-state index in [9.17, 15) is 14.4 Å². The SMILES string of the molecule is CNC(=O)COc1ccc(C(=O)NC(C)c2ccc3c(c2)NC(=O)CO3)cc1OC. The molecule has 0 radical (unpaired) electrons. The lowest BCUT2D eigenvalue weighted by Gasteiger charge is -2.21. The molecule has 1 unspecified atom stereocenters. The molecule has 1 heterocycles. The van der Waals surface area contributed by atoms with Crippen LogP contribution < -0.4 is 30.2 Å². The van der Waals surface area contributed by atoms with E-state index in [-0.39, 0.29) is 37.0 Å². The number of nitrogens with one attached hydrogen (secondary N) is 3. The lowest BCUT2D eigenvalue weighted by molar-refractivity contribution is -0.122. The molecule has 0 saturated heterocycles. The van der Waals surface area contributed by atoms with Crippen molar-refractivity contribution in [3.8, 4) is 17.2 Å². The van der Waals surface area contributed by atoms with Crippen molar-refractivity contribution in [2.24, 2.45) is 0 Å². The van der Waals surface area contributed by atoms with Crippen molar-refractivity contribution in [1.82, 2.24) is 10.6 Å². The highest BCUT2D eigenvalue weighted by molar-refractivity contribution is 5.96. The minimum Gasteiger partial charge on any atom is -0.493 e. The van der Waals surface area contributed by atoms with E-state index in [4.69, 9.17) is 14.2 Å². The number of anilines is 1.